The fourth-order valence-electron chi connectivity index (χ4n) is 2.68. The fraction of sp³-hybridized carbons (Fsp3) is 0.400. The van der Waals surface area contributed by atoms with Crippen molar-refractivity contribution in [1.82, 2.24) is 20.3 Å². The summed E-state index contributed by atoms with van der Waals surface area (Å²) < 4.78 is 15.0. The first-order valence-electron chi connectivity index (χ1n) is 6.94. The van der Waals surface area contributed by atoms with Crippen LogP contribution in [0.15, 0.2) is 30.3 Å². The highest BCUT2D eigenvalue weighted by atomic mass is 19.1. The third kappa shape index (κ3) is 2.66. The second-order valence-corrected chi connectivity index (χ2v) is 5.76. The van der Waals surface area contributed by atoms with Gasteiger partial charge in [0.25, 0.3) is 5.91 Å². The zero-order valence-electron chi connectivity index (χ0n) is 12.0. The van der Waals surface area contributed by atoms with E-state index in [2.05, 4.69) is 15.6 Å². The molecule has 0 radical (unpaired) electrons. The Bertz CT molecular complexity index is 658. The first-order valence-corrected chi connectivity index (χ1v) is 6.94. The molecule has 0 unspecified atom stereocenters. The van der Waals surface area contributed by atoms with E-state index in [1.807, 2.05) is 30.3 Å². The van der Waals surface area contributed by atoms with Crippen LogP contribution in [0, 0.1) is 6.92 Å². The first-order chi connectivity index (χ1) is 9.96. The zero-order chi connectivity index (χ0) is 15.0. The Balaban J connectivity index is 1.75. The molecule has 3 rings (SSSR count). The minimum Gasteiger partial charge on any atom is -0.348 e. The van der Waals surface area contributed by atoms with Crippen molar-refractivity contribution >= 4 is 5.91 Å². The molecule has 1 aliphatic rings. The Hall–Kier alpha value is -2.24. The smallest absolute Gasteiger partial charge is 0.273 e. The number of aromatic nitrogens is 3. The summed E-state index contributed by atoms with van der Waals surface area (Å²) in [5.41, 5.74) is 0.642. The van der Waals surface area contributed by atoms with Gasteiger partial charge in [0.2, 0.25) is 0 Å². The monoisotopic (exact) mass is 288 g/mol. The number of hydrogen-bond donors (Lipinski definition) is 1. The number of alkyl halides is 1. The molecule has 1 saturated carbocycles. The quantitative estimate of drug-likeness (QED) is 0.942. The second kappa shape index (κ2) is 4.95. The third-order valence-electron chi connectivity index (χ3n) is 3.79. The Kier molecular flexibility index (Phi) is 3.23. The van der Waals surface area contributed by atoms with Crippen LogP contribution in [-0.4, -0.2) is 32.6 Å². The van der Waals surface area contributed by atoms with Crippen molar-refractivity contribution in [2.24, 2.45) is 0 Å². The average Bonchev–Trinajstić information content (AvgIpc) is 2.79. The third-order valence-corrected chi connectivity index (χ3v) is 3.79. The van der Waals surface area contributed by atoms with Crippen molar-refractivity contribution in [3.8, 4) is 5.69 Å². The van der Waals surface area contributed by atoms with Gasteiger partial charge in [0, 0.05) is 18.9 Å². The molecule has 1 amide bonds. The molecule has 1 N–H and O–H groups in total. The molecule has 0 atom stereocenters. The lowest BCUT2D eigenvalue weighted by Gasteiger charge is -2.38. The summed E-state index contributed by atoms with van der Waals surface area (Å²) in [5, 5.41) is 10.8. The predicted molar refractivity (Wildman–Crippen MR) is 76.1 cm³/mol. The number of carbonyl (C=O) groups is 1. The Labute approximate surface area is 122 Å². The number of nitrogens with one attached hydrogen (secondary N) is 1. The number of amides is 1. The van der Waals surface area contributed by atoms with E-state index < -0.39 is 5.67 Å². The molecule has 1 aromatic carbocycles. The minimum atomic E-state index is -1.16. The number of hydrogen-bond acceptors (Lipinski definition) is 3. The van der Waals surface area contributed by atoms with Gasteiger partial charge in [-0.25, -0.2) is 9.07 Å². The Morgan fingerprint density at radius 2 is 2.05 bits per heavy atom. The van der Waals surface area contributed by atoms with E-state index in [1.165, 1.54) is 0 Å². The molecular formula is C15H17FN4O. The van der Waals surface area contributed by atoms with E-state index in [-0.39, 0.29) is 17.6 Å². The van der Waals surface area contributed by atoms with Crippen molar-refractivity contribution in [3.05, 3.63) is 41.7 Å². The number of halogens is 1. The van der Waals surface area contributed by atoms with Crippen LogP contribution in [0.25, 0.3) is 5.69 Å². The number of benzene rings is 1. The number of para-hydroxylation sites is 1. The van der Waals surface area contributed by atoms with Crippen molar-refractivity contribution in [2.75, 3.05) is 0 Å². The molecule has 6 heteroatoms. The maximum atomic E-state index is 13.4. The SMILES string of the molecule is Cc1c(C(=O)NC2CC(C)(F)C2)nnn1-c1ccccc1. The summed E-state index contributed by atoms with van der Waals surface area (Å²) in [6.07, 6.45) is 0.704. The molecule has 5 nitrogen and oxygen atoms in total. The first kappa shape index (κ1) is 13.7. The summed E-state index contributed by atoms with van der Waals surface area (Å²) >= 11 is 0. The van der Waals surface area contributed by atoms with Crippen LogP contribution < -0.4 is 5.32 Å². The van der Waals surface area contributed by atoms with E-state index in [0.29, 0.717) is 18.5 Å². The van der Waals surface area contributed by atoms with Gasteiger partial charge in [0.1, 0.15) is 5.67 Å². The van der Waals surface area contributed by atoms with Crippen LogP contribution in [0.3, 0.4) is 0 Å². The van der Waals surface area contributed by atoms with E-state index in [1.54, 1.807) is 18.5 Å². The Morgan fingerprint density at radius 3 is 2.67 bits per heavy atom. The van der Waals surface area contributed by atoms with Gasteiger partial charge in [0.15, 0.2) is 5.69 Å². The van der Waals surface area contributed by atoms with Gasteiger partial charge in [-0.15, -0.1) is 5.10 Å². The highest BCUT2D eigenvalue weighted by Crippen LogP contribution is 2.35. The van der Waals surface area contributed by atoms with Crippen molar-refractivity contribution < 1.29 is 9.18 Å². The molecule has 1 aromatic heterocycles. The van der Waals surface area contributed by atoms with Crippen molar-refractivity contribution in [1.29, 1.82) is 0 Å². The summed E-state index contributed by atoms with van der Waals surface area (Å²) in [4.78, 5) is 12.2. The van der Waals surface area contributed by atoms with Crippen molar-refractivity contribution in [2.45, 2.75) is 38.4 Å². The van der Waals surface area contributed by atoms with Crippen LogP contribution >= 0.6 is 0 Å². The summed E-state index contributed by atoms with van der Waals surface area (Å²) in [6, 6.07) is 9.37. The summed E-state index contributed by atoms with van der Waals surface area (Å²) in [7, 11) is 0. The van der Waals surface area contributed by atoms with E-state index in [0.717, 1.165) is 5.69 Å². The van der Waals surface area contributed by atoms with Crippen LogP contribution in [0.2, 0.25) is 0 Å². The minimum absolute atomic E-state index is 0.117. The summed E-state index contributed by atoms with van der Waals surface area (Å²) in [5.74, 6) is -0.296. The lowest BCUT2D eigenvalue weighted by molar-refractivity contribution is 0.0443. The fourth-order valence-corrected chi connectivity index (χ4v) is 2.68. The molecule has 0 spiro atoms. The molecule has 0 aliphatic heterocycles. The normalized spacial score (nSPS) is 24.4. The van der Waals surface area contributed by atoms with Gasteiger partial charge in [-0.1, -0.05) is 23.4 Å². The van der Waals surface area contributed by atoms with Gasteiger partial charge in [-0.2, -0.15) is 0 Å². The van der Waals surface area contributed by atoms with Gasteiger partial charge in [0.05, 0.1) is 11.4 Å². The second-order valence-electron chi connectivity index (χ2n) is 5.76. The Morgan fingerprint density at radius 1 is 1.38 bits per heavy atom. The maximum absolute atomic E-state index is 13.4. The highest BCUT2D eigenvalue weighted by Gasteiger charge is 2.41. The molecule has 1 aliphatic carbocycles. The topological polar surface area (TPSA) is 59.8 Å². The predicted octanol–water partition coefficient (Wildman–Crippen LogP) is 2.20. The van der Waals surface area contributed by atoms with E-state index in [9.17, 15) is 9.18 Å². The van der Waals surface area contributed by atoms with Gasteiger partial charge >= 0.3 is 0 Å². The van der Waals surface area contributed by atoms with E-state index >= 15 is 0 Å². The average molecular weight is 288 g/mol. The molecule has 21 heavy (non-hydrogen) atoms. The molecule has 1 heterocycles. The van der Waals surface area contributed by atoms with Crippen LogP contribution in [0.5, 0.6) is 0 Å². The number of nitrogens with zero attached hydrogens (tertiary/aromatic N) is 3. The molecule has 0 saturated heterocycles. The highest BCUT2D eigenvalue weighted by molar-refractivity contribution is 5.93. The lowest BCUT2D eigenvalue weighted by atomic mass is 9.79. The molecule has 0 bridgehead atoms. The van der Waals surface area contributed by atoms with Crippen LogP contribution in [-0.2, 0) is 0 Å². The molecule has 110 valence electrons. The van der Waals surface area contributed by atoms with Crippen LogP contribution in [0.1, 0.15) is 35.9 Å². The van der Waals surface area contributed by atoms with Gasteiger partial charge in [-0.3, -0.25) is 4.79 Å². The van der Waals surface area contributed by atoms with Crippen LogP contribution in [0.4, 0.5) is 4.39 Å². The van der Waals surface area contributed by atoms with E-state index in [4.69, 9.17) is 0 Å². The van der Waals surface area contributed by atoms with Gasteiger partial charge < -0.3 is 5.32 Å². The number of carbonyl (C=O) groups excluding carboxylic acids is 1. The van der Waals surface area contributed by atoms with Crippen molar-refractivity contribution in [3.63, 3.8) is 0 Å². The standard InChI is InChI=1S/C15H17FN4O/c1-10-13(14(21)17-11-8-15(2,16)9-11)18-19-20(10)12-6-4-3-5-7-12/h3-7,11H,8-9H2,1-2H3,(H,17,21). The lowest BCUT2D eigenvalue weighted by Crippen LogP contribution is -2.51. The molecular weight excluding hydrogens is 271 g/mol. The maximum Gasteiger partial charge on any atom is 0.273 e. The summed E-state index contributed by atoms with van der Waals surface area (Å²) in [6.45, 7) is 3.34. The van der Waals surface area contributed by atoms with Gasteiger partial charge in [-0.05, 0) is 26.0 Å². The number of rotatable bonds is 3. The molecule has 2 aromatic rings. The molecule has 1 fully saturated rings. The largest absolute Gasteiger partial charge is 0.348 e. The zero-order valence-corrected chi connectivity index (χ0v) is 12.0.